The summed E-state index contributed by atoms with van der Waals surface area (Å²) >= 11 is 0. The van der Waals surface area contributed by atoms with Crippen LogP contribution in [0.1, 0.15) is 22.8 Å². The van der Waals surface area contributed by atoms with Gasteiger partial charge in [-0.25, -0.2) is 4.79 Å². The summed E-state index contributed by atoms with van der Waals surface area (Å²) in [5.74, 6) is -0.245. The van der Waals surface area contributed by atoms with Gasteiger partial charge in [-0.2, -0.15) is 0 Å². The van der Waals surface area contributed by atoms with Crippen molar-refractivity contribution in [1.29, 1.82) is 0 Å². The number of nitrogens with two attached hydrogens (primary N) is 1. The average molecular weight is 251 g/mol. The Kier molecular flexibility index (Phi) is 5.13. The molecule has 0 aromatic heterocycles. The van der Waals surface area contributed by atoms with E-state index in [4.69, 9.17) is 10.8 Å². The van der Waals surface area contributed by atoms with Crippen LogP contribution < -0.4 is 16.4 Å². The molecule has 0 heterocycles. The molecule has 0 unspecified atom stereocenters. The third-order valence-corrected chi connectivity index (χ3v) is 2.24. The Morgan fingerprint density at radius 3 is 2.39 bits per heavy atom. The van der Waals surface area contributed by atoms with Crippen molar-refractivity contribution in [3.8, 4) is 0 Å². The Labute approximate surface area is 105 Å². The standard InChI is InChI=1S/C12H17N3O3/c1-8(16)6-14-11(17)10-4-2-9(3-5-10)7-15-12(13)18/h2-5,8,16H,6-7H2,1H3,(H,14,17)(H3,13,15,18)/t8-/m0/s1. The Morgan fingerprint density at radius 2 is 1.89 bits per heavy atom. The first-order valence-corrected chi connectivity index (χ1v) is 5.57. The van der Waals surface area contributed by atoms with Crippen LogP contribution in [-0.4, -0.2) is 29.7 Å². The van der Waals surface area contributed by atoms with Crippen LogP contribution in [0, 0.1) is 0 Å². The highest BCUT2D eigenvalue weighted by Crippen LogP contribution is 2.04. The molecule has 1 rings (SSSR count). The van der Waals surface area contributed by atoms with Crippen molar-refractivity contribution in [2.75, 3.05) is 6.54 Å². The SMILES string of the molecule is C[C@H](O)CNC(=O)c1ccc(CNC(N)=O)cc1. The fraction of sp³-hybridized carbons (Fsp3) is 0.333. The lowest BCUT2D eigenvalue weighted by molar-refractivity contribution is 0.0924. The van der Waals surface area contributed by atoms with Crippen molar-refractivity contribution in [1.82, 2.24) is 10.6 Å². The van der Waals surface area contributed by atoms with Gasteiger partial charge in [-0.1, -0.05) is 12.1 Å². The zero-order valence-electron chi connectivity index (χ0n) is 10.1. The second-order valence-electron chi connectivity index (χ2n) is 3.97. The minimum absolute atomic E-state index is 0.212. The molecule has 0 bridgehead atoms. The van der Waals surface area contributed by atoms with Gasteiger partial charge in [0.05, 0.1) is 6.10 Å². The van der Waals surface area contributed by atoms with Crippen molar-refractivity contribution in [2.24, 2.45) is 5.73 Å². The topological polar surface area (TPSA) is 104 Å². The number of aliphatic hydroxyl groups excluding tert-OH is 1. The number of hydrogen-bond acceptors (Lipinski definition) is 3. The van der Waals surface area contributed by atoms with E-state index in [1.807, 2.05) is 0 Å². The third-order valence-electron chi connectivity index (χ3n) is 2.24. The van der Waals surface area contributed by atoms with Crippen molar-refractivity contribution in [2.45, 2.75) is 19.6 Å². The second kappa shape index (κ2) is 6.61. The summed E-state index contributed by atoms with van der Waals surface area (Å²) in [4.78, 5) is 22.1. The molecule has 1 aromatic rings. The molecule has 0 aliphatic rings. The van der Waals surface area contributed by atoms with E-state index in [1.54, 1.807) is 31.2 Å². The summed E-state index contributed by atoms with van der Waals surface area (Å²) in [6, 6.07) is 6.17. The van der Waals surface area contributed by atoms with Crippen molar-refractivity contribution in [3.63, 3.8) is 0 Å². The van der Waals surface area contributed by atoms with Crippen LogP contribution in [0.2, 0.25) is 0 Å². The second-order valence-corrected chi connectivity index (χ2v) is 3.97. The molecule has 6 heteroatoms. The molecule has 0 radical (unpaired) electrons. The van der Waals surface area contributed by atoms with Crippen LogP contribution in [0.4, 0.5) is 4.79 Å². The summed E-state index contributed by atoms with van der Waals surface area (Å²) in [6.07, 6.45) is -0.576. The van der Waals surface area contributed by atoms with E-state index in [9.17, 15) is 9.59 Å². The van der Waals surface area contributed by atoms with Gasteiger partial charge in [0, 0.05) is 18.7 Å². The maximum Gasteiger partial charge on any atom is 0.312 e. The fourth-order valence-electron chi connectivity index (χ4n) is 1.31. The largest absolute Gasteiger partial charge is 0.392 e. The first kappa shape index (κ1) is 14.0. The molecule has 5 N–H and O–H groups in total. The average Bonchev–Trinajstić information content (AvgIpc) is 2.34. The Hall–Kier alpha value is -2.08. The van der Waals surface area contributed by atoms with E-state index >= 15 is 0 Å². The van der Waals surface area contributed by atoms with Crippen LogP contribution in [0.5, 0.6) is 0 Å². The molecule has 0 saturated heterocycles. The molecule has 3 amide bonds. The monoisotopic (exact) mass is 251 g/mol. The van der Waals surface area contributed by atoms with Gasteiger partial charge in [-0.05, 0) is 24.6 Å². The highest BCUT2D eigenvalue weighted by atomic mass is 16.3. The highest BCUT2D eigenvalue weighted by molar-refractivity contribution is 5.94. The lowest BCUT2D eigenvalue weighted by atomic mass is 10.1. The molecule has 0 fully saturated rings. The van der Waals surface area contributed by atoms with E-state index in [0.29, 0.717) is 12.1 Å². The van der Waals surface area contributed by atoms with Crippen molar-refractivity contribution >= 4 is 11.9 Å². The normalized spacial score (nSPS) is 11.7. The molecule has 18 heavy (non-hydrogen) atoms. The van der Waals surface area contributed by atoms with E-state index in [0.717, 1.165) is 5.56 Å². The number of primary amides is 1. The van der Waals surface area contributed by atoms with Crippen molar-refractivity contribution < 1.29 is 14.7 Å². The molecule has 1 aromatic carbocycles. The molecular formula is C12H17N3O3. The predicted octanol–water partition coefficient (Wildman–Crippen LogP) is -0.0345. The van der Waals surface area contributed by atoms with E-state index in [1.165, 1.54) is 0 Å². The zero-order chi connectivity index (χ0) is 13.5. The molecule has 1 atom stereocenters. The highest BCUT2D eigenvalue weighted by Gasteiger charge is 2.06. The lowest BCUT2D eigenvalue weighted by Crippen LogP contribution is -2.30. The van der Waals surface area contributed by atoms with Gasteiger partial charge < -0.3 is 21.5 Å². The van der Waals surface area contributed by atoms with Crippen LogP contribution in [0.25, 0.3) is 0 Å². The van der Waals surface area contributed by atoms with Gasteiger partial charge in [-0.15, -0.1) is 0 Å². The number of hydrogen-bond donors (Lipinski definition) is 4. The Balaban J connectivity index is 2.53. The maximum atomic E-state index is 11.6. The number of amides is 3. The quantitative estimate of drug-likeness (QED) is 0.590. The molecule has 6 nitrogen and oxygen atoms in total. The minimum atomic E-state index is -0.589. The number of benzene rings is 1. The molecule has 0 aliphatic carbocycles. The van der Waals surface area contributed by atoms with Gasteiger partial charge >= 0.3 is 6.03 Å². The van der Waals surface area contributed by atoms with Crippen molar-refractivity contribution in [3.05, 3.63) is 35.4 Å². The summed E-state index contributed by atoms with van der Waals surface area (Å²) in [5, 5.41) is 14.1. The maximum absolute atomic E-state index is 11.6. The number of rotatable bonds is 5. The van der Waals surface area contributed by atoms with E-state index < -0.39 is 12.1 Å². The summed E-state index contributed by atoms with van der Waals surface area (Å²) in [6.45, 7) is 2.13. The number of aliphatic hydroxyl groups is 1. The minimum Gasteiger partial charge on any atom is -0.392 e. The summed E-state index contributed by atoms with van der Waals surface area (Å²) < 4.78 is 0. The summed E-state index contributed by atoms with van der Waals surface area (Å²) in [5.41, 5.74) is 6.30. The number of carbonyl (C=O) groups is 2. The first-order valence-electron chi connectivity index (χ1n) is 5.57. The smallest absolute Gasteiger partial charge is 0.312 e. The summed E-state index contributed by atoms with van der Waals surface area (Å²) in [7, 11) is 0. The fourth-order valence-corrected chi connectivity index (χ4v) is 1.31. The van der Waals surface area contributed by atoms with Gasteiger partial charge in [0.25, 0.3) is 5.91 Å². The predicted molar refractivity (Wildman–Crippen MR) is 66.9 cm³/mol. The molecule has 0 spiro atoms. The third kappa shape index (κ3) is 4.84. The van der Waals surface area contributed by atoms with E-state index in [-0.39, 0.29) is 12.5 Å². The molecule has 98 valence electrons. The van der Waals surface area contributed by atoms with Crippen LogP contribution in [0.15, 0.2) is 24.3 Å². The molecule has 0 saturated carbocycles. The lowest BCUT2D eigenvalue weighted by Gasteiger charge is -2.08. The number of carbonyl (C=O) groups excluding carboxylic acids is 2. The Bertz CT molecular complexity index is 415. The van der Waals surface area contributed by atoms with Gasteiger partial charge in [0.1, 0.15) is 0 Å². The first-order chi connectivity index (χ1) is 8.49. The van der Waals surface area contributed by atoms with Gasteiger partial charge in [0.2, 0.25) is 0 Å². The number of nitrogens with one attached hydrogen (secondary N) is 2. The zero-order valence-corrected chi connectivity index (χ0v) is 10.1. The van der Waals surface area contributed by atoms with Gasteiger partial charge in [0.15, 0.2) is 0 Å². The van der Waals surface area contributed by atoms with Gasteiger partial charge in [-0.3, -0.25) is 4.79 Å². The van der Waals surface area contributed by atoms with Crippen LogP contribution in [-0.2, 0) is 6.54 Å². The Morgan fingerprint density at radius 1 is 1.28 bits per heavy atom. The van der Waals surface area contributed by atoms with E-state index in [2.05, 4.69) is 10.6 Å². The number of urea groups is 1. The molecular weight excluding hydrogens is 234 g/mol. The molecule has 0 aliphatic heterocycles. The van der Waals surface area contributed by atoms with Crippen LogP contribution >= 0.6 is 0 Å². The van der Waals surface area contributed by atoms with Crippen LogP contribution in [0.3, 0.4) is 0 Å².